The molecule has 1 amide bonds. The van der Waals surface area contributed by atoms with Gasteiger partial charge in [0.05, 0.1) is 12.9 Å². The van der Waals surface area contributed by atoms with E-state index in [1.54, 1.807) is 4.90 Å². The summed E-state index contributed by atoms with van der Waals surface area (Å²) in [7, 11) is -3.43. The average molecular weight is 307 g/mol. The summed E-state index contributed by atoms with van der Waals surface area (Å²) >= 11 is 0. The second-order valence-electron chi connectivity index (χ2n) is 6.14. The van der Waals surface area contributed by atoms with Gasteiger partial charge >= 0.3 is 6.09 Å². The summed E-state index contributed by atoms with van der Waals surface area (Å²) in [5, 5.41) is 0. The molecule has 1 saturated heterocycles. The lowest BCUT2D eigenvalue weighted by Gasteiger charge is -2.36. The highest BCUT2D eigenvalue weighted by Gasteiger charge is 2.30. The molecule has 6 nitrogen and oxygen atoms in total. The minimum absolute atomic E-state index is 0.0136. The number of ether oxygens (including phenoxy) is 1. The normalized spacial score (nSPS) is 20.8. The van der Waals surface area contributed by atoms with Crippen molar-refractivity contribution in [3.8, 4) is 0 Å². The van der Waals surface area contributed by atoms with Crippen LogP contribution in [0.1, 0.15) is 46.5 Å². The van der Waals surface area contributed by atoms with E-state index in [1.165, 1.54) is 0 Å². The highest BCUT2D eigenvalue weighted by Crippen LogP contribution is 2.22. The van der Waals surface area contributed by atoms with Gasteiger partial charge in [0.2, 0.25) is 0 Å². The molecule has 20 heavy (non-hydrogen) atoms. The van der Waals surface area contributed by atoms with Crippen LogP contribution in [0.15, 0.2) is 0 Å². The highest BCUT2D eigenvalue weighted by atomic mass is 32.2. The maximum atomic E-state index is 12.1. The number of carbonyl (C=O) groups excluding carboxylic acids is 1. The number of likely N-dealkylation sites (tertiary alicyclic amines) is 1. The quantitative estimate of drug-likeness (QED) is 0.744. The van der Waals surface area contributed by atoms with E-state index in [4.69, 9.17) is 8.92 Å². The average Bonchev–Trinajstić information content (AvgIpc) is 2.25. The number of amides is 1. The number of hydrogen-bond acceptors (Lipinski definition) is 5. The maximum Gasteiger partial charge on any atom is 0.410 e. The molecule has 1 rings (SSSR count). The fourth-order valence-electron chi connectivity index (χ4n) is 2.20. The van der Waals surface area contributed by atoms with E-state index in [0.29, 0.717) is 13.0 Å². The Labute approximate surface area is 121 Å². The molecule has 0 aromatic carbocycles. The largest absolute Gasteiger partial charge is 0.444 e. The fourth-order valence-corrected chi connectivity index (χ4v) is 2.60. The van der Waals surface area contributed by atoms with Crippen molar-refractivity contribution in [1.29, 1.82) is 0 Å². The van der Waals surface area contributed by atoms with Crippen LogP contribution < -0.4 is 0 Å². The second kappa shape index (κ2) is 6.76. The summed E-state index contributed by atoms with van der Waals surface area (Å²) in [6.07, 6.45) is 4.03. The monoisotopic (exact) mass is 307 g/mol. The summed E-state index contributed by atoms with van der Waals surface area (Å²) in [6.45, 7) is 6.24. The molecule has 7 heteroatoms. The van der Waals surface area contributed by atoms with Crippen molar-refractivity contribution < 1.29 is 22.1 Å². The Bertz CT molecular complexity index is 427. The summed E-state index contributed by atoms with van der Waals surface area (Å²) in [5.41, 5.74) is -0.525. The number of carbonyl (C=O) groups is 1. The van der Waals surface area contributed by atoms with Crippen molar-refractivity contribution in [3.05, 3.63) is 0 Å². The Morgan fingerprint density at radius 1 is 1.30 bits per heavy atom. The summed E-state index contributed by atoms with van der Waals surface area (Å²) in [5.74, 6) is 0. The van der Waals surface area contributed by atoms with Crippen LogP contribution in [0.2, 0.25) is 0 Å². The second-order valence-corrected chi connectivity index (χ2v) is 7.78. The van der Waals surface area contributed by atoms with Crippen LogP contribution in [0.4, 0.5) is 4.79 Å². The highest BCUT2D eigenvalue weighted by molar-refractivity contribution is 7.85. The molecule has 1 heterocycles. The fraction of sp³-hybridized carbons (Fsp3) is 0.923. The molecule has 118 valence electrons. The number of hydrogen-bond donors (Lipinski definition) is 0. The maximum absolute atomic E-state index is 12.1. The summed E-state index contributed by atoms with van der Waals surface area (Å²) in [4.78, 5) is 13.8. The Morgan fingerprint density at radius 2 is 1.95 bits per heavy atom. The molecular weight excluding hydrogens is 282 g/mol. The molecule has 0 aliphatic carbocycles. The number of rotatable bonds is 4. The van der Waals surface area contributed by atoms with Crippen LogP contribution in [-0.2, 0) is 19.0 Å². The van der Waals surface area contributed by atoms with Gasteiger partial charge in [0.15, 0.2) is 0 Å². The molecule has 0 unspecified atom stereocenters. The van der Waals surface area contributed by atoms with Crippen LogP contribution in [0, 0.1) is 0 Å². The standard InChI is InChI=1S/C13H25NO5S/c1-13(2,3)19-12(15)14-9-6-5-7-11(14)8-10-18-20(4,16)17/h11H,5-10H2,1-4H3/t11-/m1/s1. The lowest BCUT2D eigenvalue weighted by Crippen LogP contribution is -2.46. The van der Waals surface area contributed by atoms with Gasteiger partial charge in [-0.1, -0.05) is 0 Å². The minimum Gasteiger partial charge on any atom is -0.444 e. The summed E-state index contributed by atoms with van der Waals surface area (Å²) in [6, 6.07) is -0.0136. The van der Waals surface area contributed by atoms with Gasteiger partial charge in [-0.3, -0.25) is 4.18 Å². The van der Waals surface area contributed by atoms with Gasteiger partial charge < -0.3 is 9.64 Å². The predicted octanol–water partition coefficient (Wildman–Crippen LogP) is 2.14. The molecule has 0 aromatic rings. The lowest BCUT2D eigenvalue weighted by molar-refractivity contribution is 0.00759. The molecule has 0 radical (unpaired) electrons. The molecular formula is C13H25NO5S. The molecule has 1 aliphatic heterocycles. The van der Waals surface area contributed by atoms with Crippen LogP contribution in [-0.4, -0.2) is 50.5 Å². The van der Waals surface area contributed by atoms with Crippen molar-refractivity contribution in [2.45, 2.75) is 58.1 Å². The first-order valence-electron chi connectivity index (χ1n) is 6.92. The Balaban J connectivity index is 2.56. The van der Waals surface area contributed by atoms with Crippen molar-refractivity contribution >= 4 is 16.2 Å². The number of piperidine rings is 1. The van der Waals surface area contributed by atoms with Gasteiger partial charge in [0, 0.05) is 12.6 Å². The predicted molar refractivity (Wildman–Crippen MR) is 76.0 cm³/mol. The van der Waals surface area contributed by atoms with Gasteiger partial charge in [0.25, 0.3) is 10.1 Å². The topological polar surface area (TPSA) is 72.9 Å². The van der Waals surface area contributed by atoms with Crippen molar-refractivity contribution in [3.63, 3.8) is 0 Å². The first-order chi connectivity index (χ1) is 9.08. The Kier molecular flexibility index (Phi) is 5.82. The third-order valence-corrected chi connectivity index (χ3v) is 3.60. The first-order valence-corrected chi connectivity index (χ1v) is 8.74. The molecule has 0 spiro atoms. The first kappa shape index (κ1) is 17.2. The van der Waals surface area contributed by atoms with Gasteiger partial charge in [-0.2, -0.15) is 8.42 Å². The van der Waals surface area contributed by atoms with Crippen molar-refractivity contribution in [1.82, 2.24) is 4.90 Å². The van der Waals surface area contributed by atoms with E-state index in [0.717, 1.165) is 25.5 Å². The zero-order chi connectivity index (χ0) is 15.4. The smallest absolute Gasteiger partial charge is 0.410 e. The SMILES string of the molecule is CC(C)(C)OC(=O)N1CCCC[C@@H]1CCOS(C)(=O)=O. The summed E-state index contributed by atoms with van der Waals surface area (Å²) < 4.78 is 32.0. The molecule has 0 N–H and O–H groups in total. The van der Waals surface area contributed by atoms with E-state index < -0.39 is 15.7 Å². The molecule has 1 aliphatic rings. The minimum atomic E-state index is -3.43. The van der Waals surface area contributed by atoms with Crippen LogP contribution in [0.25, 0.3) is 0 Å². The zero-order valence-electron chi connectivity index (χ0n) is 12.7. The van der Waals surface area contributed by atoms with Gasteiger partial charge in [0.1, 0.15) is 5.60 Å². The van der Waals surface area contributed by atoms with Gasteiger partial charge in [-0.05, 0) is 46.5 Å². The zero-order valence-corrected chi connectivity index (χ0v) is 13.5. The molecule has 0 bridgehead atoms. The molecule has 1 atom stereocenters. The van der Waals surface area contributed by atoms with Gasteiger partial charge in [-0.25, -0.2) is 4.79 Å². The third kappa shape index (κ3) is 6.56. The van der Waals surface area contributed by atoms with E-state index >= 15 is 0 Å². The van der Waals surface area contributed by atoms with Crippen LogP contribution in [0.3, 0.4) is 0 Å². The Hall–Kier alpha value is -0.820. The van der Waals surface area contributed by atoms with E-state index in [9.17, 15) is 13.2 Å². The number of nitrogens with zero attached hydrogens (tertiary/aromatic N) is 1. The van der Waals surface area contributed by atoms with Gasteiger partial charge in [-0.15, -0.1) is 0 Å². The van der Waals surface area contributed by atoms with Crippen LogP contribution >= 0.6 is 0 Å². The lowest BCUT2D eigenvalue weighted by atomic mass is 10.0. The van der Waals surface area contributed by atoms with Crippen molar-refractivity contribution in [2.24, 2.45) is 0 Å². The molecule has 1 fully saturated rings. The van der Waals surface area contributed by atoms with E-state index in [1.807, 2.05) is 20.8 Å². The van der Waals surface area contributed by atoms with Crippen molar-refractivity contribution in [2.75, 3.05) is 19.4 Å². The molecule has 0 aromatic heterocycles. The molecule has 0 saturated carbocycles. The Morgan fingerprint density at radius 3 is 2.50 bits per heavy atom. The van der Waals surface area contributed by atoms with E-state index in [-0.39, 0.29) is 18.7 Å². The van der Waals surface area contributed by atoms with Crippen LogP contribution in [0.5, 0.6) is 0 Å². The third-order valence-electron chi connectivity index (χ3n) is 3.00. The van der Waals surface area contributed by atoms with E-state index in [2.05, 4.69) is 0 Å².